The first-order valence-corrected chi connectivity index (χ1v) is 13.6. The van der Waals surface area contributed by atoms with Crippen molar-refractivity contribution >= 4 is 10.8 Å². The predicted molar refractivity (Wildman–Crippen MR) is 127 cm³/mol. The van der Waals surface area contributed by atoms with E-state index in [9.17, 15) is 27.6 Å². The van der Waals surface area contributed by atoms with E-state index in [4.69, 9.17) is 9.47 Å². The molecule has 5 atom stereocenters. The molecule has 0 bridgehead atoms. The van der Waals surface area contributed by atoms with E-state index < -0.39 is 65.3 Å². The summed E-state index contributed by atoms with van der Waals surface area (Å²) in [6.07, 6.45) is 0.915. The van der Waals surface area contributed by atoms with Gasteiger partial charge in [0, 0.05) is 47.1 Å². The summed E-state index contributed by atoms with van der Waals surface area (Å²) >= 11 is 0. The average Bonchev–Trinajstić information content (AvgIpc) is 3.58. The average molecular weight is 557 g/mol. The molecule has 2 saturated heterocycles. The Kier molecular flexibility index (Phi) is 7.90. The topological polar surface area (TPSA) is 137 Å². The molecular weight excluding hydrogens is 529 g/mol. The van der Waals surface area contributed by atoms with Crippen LogP contribution < -0.4 is 0 Å². The summed E-state index contributed by atoms with van der Waals surface area (Å²) in [6.45, 7) is -0.317. The number of nitrogens with zero attached hydrogens (tertiary/aromatic N) is 6. The summed E-state index contributed by atoms with van der Waals surface area (Å²) in [5, 5.41) is 37.3. The number of hydrogen-bond acceptors (Lipinski definition) is 9. The molecule has 0 saturated carbocycles. The molecule has 3 aromatic rings. The van der Waals surface area contributed by atoms with Gasteiger partial charge in [-0.25, -0.2) is 22.5 Å². The summed E-state index contributed by atoms with van der Waals surface area (Å²) in [4.78, 5) is 0. The fraction of sp³-hybridized carbons (Fsp3) is 0.565. The van der Waals surface area contributed by atoms with E-state index >= 15 is 0 Å². The SMILES string of the molecule is CO[C@@H]1[C@@H](n2cc(-c3cc(F)c(F)c(F)c3)nn2)[C@@H](O)[C@@H](CO)O[C@@H]1Cn1cc(C2CCS(=O)CC2)nn1. The van der Waals surface area contributed by atoms with Gasteiger partial charge < -0.3 is 19.7 Å². The maximum Gasteiger partial charge on any atom is 0.194 e. The highest BCUT2D eigenvalue weighted by Crippen LogP contribution is 2.34. The first kappa shape index (κ1) is 26.9. The zero-order valence-corrected chi connectivity index (χ0v) is 21.2. The summed E-state index contributed by atoms with van der Waals surface area (Å²) in [5.41, 5.74) is 0.796. The zero-order valence-electron chi connectivity index (χ0n) is 20.4. The number of halogens is 3. The highest BCUT2D eigenvalue weighted by molar-refractivity contribution is 7.85. The van der Waals surface area contributed by atoms with Gasteiger partial charge in [0.05, 0.1) is 25.0 Å². The van der Waals surface area contributed by atoms with Crippen LogP contribution in [0.1, 0.15) is 30.5 Å². The van der Waals surface area contributed by atoms with Crippen molar-refractivity contribution < 1.29 is 37.1 Å². The highest BCUT2D eigenvalue weighted by atomic mass is 32.2. The van der Waals surface area contributed by atoms with Crippen LogP contribution in [0.2, 0.25) is 0 Å². The van der Waals surface area contributed by atoms with Crippen LogP contribution >= 0.6 is 0 Å². The molecule has 0 aliphatic carbocycles. The number of benzene rings is 1. The van der Waals surface area contributed by atoms with Crippen LogP contribution in [0.3, 0.4) is 0 Å². The molecule has 11 nitrogen and oxygen atoms in total. The van der Waals surface area contributed by atoms with Crippen LogP contribution in [-0.4, -0.2) is 94.0 Å². The molecule has 2 aliphatic rings. The minimum absolute atomic E-state index is 0.0416. The smallest absolute Gasteiger partial charge is 0.194 e. The van der Waals surface area contributed by atoms with E-state index in [1.807, 2.05) is 0 Å². The van der Waals surface area contributed by atoms with Gasteiger partial charge in [-0.05, 0) is 25.0 Å². The Morgan fingerprint density at radius 1 is 1.11 bits per heavy atom. The van der Waals surface area contributed by atoms with Crippen LogP contribution in [0.15, 0.2) is 24.5 Å². The van der Waals surface area contributed by atoms with Crippen LogP contribution in [0.5, 0.6) is 0 Å². The van der Waals surface area contributed by atoms with Crippen molar-refractivity contribution in [1.82, 2.24) is 30.0 Å². The summed E-state index contributed by atoms with van der Waals surface area (Å²) in [7, 11) is 0.637. The molecule has 0 radical (unpaired) electrons. The summed E-state index contributed by atoms with van der Waals surface area (Å²) in [6, 6.07) is 0.697. The van der Waals surface area contributed by atoms with Crippen molar-refractivity contribution in [3.63, 3.8) is 0 Å². The van der Waals surface area contributed by atoms with Gasteiger partial charge in [0.2, 0.25) is 0 Å². The molecule has 2 aliphatic heterocycles. The molecular formula is C23H27F3N6O5S. The Hall–Kier alpha value is -2.72. The number of aliphatic hydroxyl groups excluding tert-OH is 2. The van der Waals surface area contributed by atoms with Gasteiger partial charge in [-0.15, -0.1) is 10.2 Å². The Balaban J connectivity index is 1.39. The number of aliphatic hydroxyl groups is 2. The van der Waals surface area contributed by atoms with Crippen LogP contribution in [0.4, 0.5) is 13.2 Å². The minimum Gasteiger partial charge on any atom is -0.394 e. The van der Waals surface area contributed by atoms with Gasteiger partial charge in [0.15, 0.2) is 17.5 Å². The Morgan fingerprint density at radius 3 is 2.47 bits per heavy atom. The van der Waals surface area contributed by atoms with Gasteiger partial charge in [-0.1, -0.05) is 10.4 Å². The molecule has 15 heteroatoms. The predicted octanol–water partition coefficient (Wildman–Crippen LogP) is 0.957. The van der Waals surface area contributed by atoms with Gasteiger partial charge >= 0.3 is 0 Å². The molecule has 0 unspecified atom stereocenters. The van der Waals surface area contributed by atoms with E-state index in [1.54, 1.807) is 10.9 Å². The van der Waals surface area contributed by atoms with Crippen LogP contribution in [0, 0.1) is 17.5 Å². The molecule has 206 valence electrons. The second-order valence-electron chi connectivity index (χ2n) is 9.40. The highest BCUT2D eigenvalue weighted by Gasteiger charge is 2.47. The van der Waals surface area contributed by atoms with E-state index in [0.717, 1.165) is 30.7 Å². The number of rotatable bonds is 7. The summed E-state index contributed by atoms with van der Waals surface area (Å²) < 4.78 is 67.1. The van der Waals surface area contributed by atoms with E-state index in [0.29, 0.717) is 11.5 Å². The molecule has 2 N–H and O–H groups in total. The van der Waals surface area contributed by atoms with Gasteiger partial charge in [0.1, 0.15) is 36.2 Å². The summed E-state index contributed by atoms with van der Waals surface area (Å²) in [5.74, 6) is -2.91. The number of hydrogen-bond donors (Lipinski definition) is 2. The van der Waals surface area contributed by atoms with Gasteiger partial charge in [-0.2, -0.15) is 0 Å². The second kappa shape index (κ2) is 11.2. The molecule has 2 aromatic heterocycles. The fourth-order valence-corrected chi connectivity index (χ4v) is 6.33. The molecule has 2 fully saturated rings. The third-order valence-electron chi connectivity index (χ3n) is 7.06. The first-order chi connectivity index (χ1) is 18.3. The Labute approximate surface area is 218 Å². The van der Waals surface area contributed by atoms with Crippen molar-refractivity contribution in [1.29, 1.82) is 0 Å². The van der Waals surface area contributed by atoms with Crippen LogP contribution in [0.25, 0.3) is 11.3 Å². The second-order valence-corrected chi connectivity index (χ2v) is 11.1. The number of methoxy groups -OCH3 is 1. The number of ether oxygens (including phenoxy) is 2. The molecule has 38 heavy (non-hydrogen) atoms. The van der Waals surface area contributed by atoms with Crippen molar-refractivity contribution in [2.75, 3.05) is 25.2 Å². The molecule has 0 spiro atoms. The van der Waals surface area contributed by atoms with E-state index in [2.05, 4.69) is 20.6 Å². The Morgan fingerprint density at radius 2 is 1.82 bits per heavy atom. The third kappa shape index (κ3) is 5.25. The molecule has 4 heterocycles. The normalized spacial score (nSPS) is 30.0. The maximum absolute atomic E-state index is 13.8. The van der Waals surface area contributed by atoms with E-state index in [-0.39, 0.29) is 23.7 Å². The lowest BCUT2D eigenvalue weighted by molar-refractivity contribution is -0.216. The standard InChI is InChI=1S/C23H27F3N6O5S/c1-36-23-18(10-31-8-16(27-29-31)12-2-4-38(35)5-3-12)37-19(11-33)22(34)21(23)32-9-17(28-30-32)13-6-14(24)20(26)15(25)7-13/h6-9,12,18-19,21-23,33-34H,2-5,10-11H2,1H3/t12?,18-,19-,21+,22+,23+,38?/m1/s1. The Bertz CT molecular complexity index is 1280. The zero-order chi connectivity index (χ0) is 27.0. The lowest BCUT2D eigenvalue weighted by Gasteiger charge is -2.43. The van der Waals surface area contributed by atoms with E-state index in [1.165, 1.54) is 18.0 Å². The quantitative estimate of drug-likeness (QED) is 0.408. The molecule has 1 aromatic carbocycles. The van der Waals surface area contributed by atoms with Crippen molar-refractivity contribution in [3.8, 4) is 11.3 Å². The third-order valence-corrected chi connectivity index (χ3v) is 8.44. The van der Waals surface area contributed by atoms with Gasteiger partial charge in [0.25, 0.3) is 0 Å². The lowest BCUT2D eigenvalue weighted by Crippen LogP contribution is -2.57. The van der Waals surface area contributed by atoms with Crippen molar-refractivity contribution in [3.05, 3.63) is 47.7 Å². The maximum atomic E-state index is 13.8. The monoisotopic (exact) mass is 556 g/mol. The lowest BCUT2D eigenvalue weighted by atomic mass is 9.92. The molecule has 5 rings (SSSR count). The first-order valence-electron chi connectivity index (χ1n) is 12.1. The van der Waals surface area contributed by atoms with Gasteiger partial charge in [-0.3, -0.25) is 4.21 Å². The van der Waals surface area contributed by atoms with Crippen molar-refractivity contribution in [2.45, 2.75) is 55.8 Å². The minimum atomic E-state index is -1.59. The fourth-order valence-electron chi connectivity index (χ4n) is 5.03. The molecule has 0 amide bonds. The van der Waals surface area contributed by atoms with Crippen LogP contribution in [-0.2, 0) is 26.8 Å². The largest absolute Gasteiger partial charge is 0.394 e. The van der Waals surface area contributed by atoms with Crippen molar-refractivity contribution in [2.24, 2.45) is 0 Å². The number of aromatic nitrogens is 6.